The van der Waals surface area contributed by atoms with E-state index in [2.05, 4.69) is 40.8 Å². The second kappa shape index (κ2) is 9.40. The van der Waals surface area contributed by atoms with Crippen LogP contribution >= 0.6 is 23.4 Å². The molecule has 4 nitrogen and oxygen atoms in total. The molecule has 0 spiro atoms. The van der Waals surface area contributed by atoms with E-state index in [0.717, 1.165) is 40.1 Å². The molecule has 2 heterocycles. The van der Waals surface area contributed by atoms with Gasteiger partial charge in [0.2, 0.25) is 0 Å². The van der Waals surface area contributed by atoms with E-state index in [0.29, 0.717) is 12.5 Å². The van der Waals surface area contributed by atoms with Gasteiger partial charge in [-0.25, -0.2) is 4.98 Å². The van der Waals surface area contributed by atoms with Crippen LogP contribution in [0.2, 0.25) is 5.02 Å². The lowest BCUT2D eigenvalue weighted by atomic mass is 10.1. The minimum Gasteiger partial charge on any atom is -0.319 e. The Morgan fingerprint density at radius 2 is 2.04 bits per heavy atom. The van der Waals surface area contributed by atoms with Crippen LogP contribution in [0.25, 0.3) is 0 Å². The molecule has 0 saturated carbocycles. The van der Waals surface area contributed by atoms with E-state index in [1.807, 2.05) is 43.6 Å². The molecule has 3 rings (SSSR count). The summed E-state index contributed by atoms with van der Waals surface area (Å²) in [7, 11) is 1.97. The van der Waals surface area contributed by atoms with E-state index < -0.39 is 0 Å². The molecule has 0 bridgehead atoms. The van der Waals surface area contributed by atoms with Crippen LogP contribution in [0.15, 0.2) is 58.6 Å². The number of pyridine rings is 1. The van der Waals surface area contributed by atoms with Crippen molar-refractivity contribution in [3.05, 3.63) is 70.9 Å². The Hall–Kier alpha value is -1.82. The fourth-order valence-corrected chi connectivity index (χ4v) is 4.35. The normalized spacial score (nSPS) is 11.3. The third-order valence-corrected chi connectivity index (χ3v) is 5.58. The SMILES string of the molecule is CNCCc1nc(C(C)C)c(Sc2cccc(Cl)c2)n1Cc1ccccn1. The summed E-state index contributed by atoms with van der Waals surface area (Å²) in [4.78, 5) is 10.6. The number of nitrogens with zero attached hydrogens (tertiary/aromatic N) is 3. The fraction of sp³-hybridized carbons (Fsp3) is 0.333. The Morgan fingerprint density at radius 3 is 2.70 bits per heavy atom. The van der Waals surface area contributed by atoms with E-state index in [-0.39, 0.29) is 0 Å². The third kappa shape index (κ3) is 5.12. The first-order chi connectivity index (χ1) is 13.1. The summed E-state index contributed by atoms with van der Waals surface area (Å²) < 4.78 is 2.31. The van der Waals surface area contributed by atoms with Crippen LogP contribution in [-0.2, 0) is 13.0 Å². The number of hydrogen-bond donors (Lipinski definition) is 1. The van der Waals surface area contributed by atoms with Gasteiger partial charge in [0.25, 0.3) is 0 Å². The largest absolute Gasteiger partial charge is 0.319 e. The van der Waals surface area contributed by atoms with Crippen molar-refractivity contribution >= 4 is 23.4 Å². The van der Waals surface area contributed by atoms with Crippen molar-refractivity contribution in [3.8, 4) is 0 Å². The number of halogens is 1. The summed E-state index contributed by atoms with van der Waals surface area (Å²) >= 11 is 7.93. The van der Waals surface area contributed by atoms with Gasteiger partial charge in [-0.15, -0.1) is 0 Å². The first-order valence-corrected chi connectivity index (χ1v) is 10.3. The minimum atomic E-state index is 0.338. The second-order valence-electron chi connectivity index (χ2n) is 6.69. The molecule has 0 aliphatic heterocycles. The molecule has 27 heavy (non-hydrogen) atoms. The van der Waals surface area contributed by atoms with E-state index >= 15 is 0 Å². The van der Waals surface area contributed by atoms with E-state index in [4.69, 9.17) is 16.6 Å². The van der Waals surface area contributed by atoms with Crippen LogP contribution in [0.1, 0.15) is 37.0 Å². The first kappa shape index (κ1) is 19.9. The van der Waals surface area contributed by atoms with Gasteiger partial charge < -0.3 is 9.88 Å². The molecule has 1 N–H and O–H groups in total. The Labute approximate surface area is 170 Å². The van der Waals surface area contributed by atoms with Crippen LogP contribution in [0, 0.1) is 0 Å². The number of nitrogens with one attached hydrogen (secondary N) is 1. The second-order valence-corrected chi connectivity index (χ2v) is 8.19. The summed E-state index contributed by atoms with van der Waals surface area (Å²) in [5.41, 5.74) is 2.16. The Kier molecular flexibility index (Phi) is 6.94. The van der Waals surface area contributed by atoms with Gasteiger partial charge in [0.05, 0.1) is 17.9 Å². The monoisotopic (exact) mass is 400 g/mol. The molecule has 0 saturated heterocycles. The van der Waals surface area contributed by atoms with Crippen molar-refractivity contribution in [3.63, 3.8) is 0 Å². The fourth-order valence-electron chi connectivity index (χ4n) is 2.87. The zero-order valence-electron chi connectivity index (χ0n) is 15.9. The van der Waals surface area contributed by atoms with Crippen LogP contribution in [0.3, 0.4) is 0 Å². The molecule has 0 fully saturated rings. The molecular weight excluding hydrogens is 376 g/mol. The van der Waals surface area contributed by atoms with Crippen LogP contribution in [0.4, 0.5) is 0 Å². The molecule has 6 heteroatoms. The number of hydrogen-bond acceptors (Lipinski definition) is 4. The van der Waals surface area contributed by atoms with Gasteiger partial charge in [-0.2, -0.15) is 0 Å². The quantitative estimate of drug-likeness (QED) is 0.576. The molecule has 0 unspecified atom stereocenters. The summed E-state index contributed by atoms with van der Waals surface area (Å²) in [6.45, 7) is 5.98. The Bertz CT molecular complexity index is 877. The van der Waals surface area contributed by atoms with Crippen LogP contribution in [0.5, 0.6) is 0 Å². The lowest BCUT2D eigenvalue weighted by Gasteiger charge is -2.13. The molecule has 1 aromatic carbocycles. The average molecular weight is 401 g/mol. The highest BCUT2D eigenvalue weighted by Gasteiger charge is 2.20. The first-order valence-electron chi connectivity index (χ1n) is 9.15. The maximum Gasteiger partial charge on any atom is 0.111 e. The lowest BCUT2D eigenvalue weighted by molar-refractivity contribution is 0.639. The Balaban J connectivity index is 2.05. The number of aromatic nitrogens is 3. The molecule has 0 aliphatic carbocycles. The van der Waals surface area contributed by atoms with E-state index in [1.54, 1.807) is 11.8 Å². The summed E-state index contributed by atoms with van der Waals surface area (Å²) in [5.74, 6) is 1.42. The molecule has 3 aromatic rings. The summed E-state index contributed by atoms with van der Waals surface area (Å²) in [6, 6.07) is 14.0. The van der Waals surface area contributed by atoms with Crippen molar-refractivity contribution in [2.75, 3.05) is 13.6 Å². The van der Waals surface area contributed by atoms with Gasteiger partial charge in [0.1, 0.15) is 10.9 Å². The highest BCUT2D eigenvalue weighted by atomic mass is 35.5. The molecule has 0 amide bonds. The molecule has 142 valence electrons. The molecule has 2 aromatic heterocycles. The van der Waals surface area contributed by atoms with Gasteiger partial charge in [-0.3, -0.25) is 4.98 Å². The minimum absolute atomic E-state index is 0.338. The topological polar surface area (TPSA) is 42.7 Å². The van der Waals surface area contributed by atoms with Gasteiger partial charge in [0, 0.05) is 29.1 Å². The van der Waals surface area contributed by atoms with Crippen LogP contribution in [-0.4, -0.2) is 28.1 Å². The average Bonchev–Trinajstić information content (AvgIpc) is 2.98. The molecule has 0 aliphatic rings. The van der Waals surface area contributed by atoms with Crippen molar-refractivity contribution in [1.29, 1.82) is 0 Å². The zero-order valence-corrected chi connectivity index (χ0v) is 17.5. The maximum absolute atomic E-state index is 6.20. The van der Waals surface area contributed by atoms with Crippen LogP contribution < -0.4 is 5.32 Å². The molecule has 0 radical (unpaired) electrons. The molecule has 0 atom stereocenters. The zero-order chi connectivity index (χ0) is 19.2. The number of rotatable bonds is 8. The van der Waals surface area contributed by atoms with E-state index in [9.17, 15) is 0 Å². The predicted molar refractivity (Wildman–Crippen MR) is 113 cm³/mol. The highest BCUT2D eigenvalue weighted by Crippen LogP contribution is 2.36. The van der Waals surface area contributed by atoms with Gasteiger partial charge >= 0.3 is 0 Å². The lowest BCUT2D eigenvalue weighted by Crippen LogP contribution is -2.15. The number of imidazole rings is 1. The maximum atomic E-state index is 6.20. The summed E-state index contributed by atoms with van der Waals surface area (Å²) in [5, 5.41) is 5.15. The van der Waals surface area contributed by atoms with Gasteiger partial charge in [-0.05, 0) is 43.3 Å². The Morgan fingerprint density at radius 1 is 1.19 bits per heavy atom. The van der Waals surface area contributed by atoms with Crippen molar-refractivity contribution in [2.24, 2.45) is 0 Å². The van der Waals surface area contributed by atoms with Gasteiger partial charge in [0.15, 0.2) is 0 Å². The van der Waals surface area contributed by atoms with Crippen molar-refractivity contribution < 1.29 is 0 Å². The molecular formula is C21H25ClN4S. The standard InChI is InChI=1S/C21H25ClN4S/c1-15(2)20-21(27-18-9-6-7-16(22)13-18)26(19(25-20)10-12-23-3)14-17-8-4-5-11-24-17/h4-9,11,13,15,23H,10,12,14H2,1-3H3. The van der Waals surface area contributed by atoms with Crippen molar-refractivity contribution in [2.45, 2.75) is 42.7 Å². The van der Waals surface area contributed by atoms with Gasteiger partial charge in [-0.1, -0.05) is 49.3 Å². The number of benzene rings is 1. The predicted octanol–water partition coefficient (Wildman–Crippen LogP) is 5.02. The van der Waals surface area contributed by atoms with E-state index in [1.165, 1.54) is 5.03 Å². The highest BCUT2D eigenvalue weighted by molar-refractivity contribution is 7.99. The summed E-state index contributed by atoms with van der Waals surface area (Å²) in [6.07, 6.45) is 2.71. The smallest absolute Gasteiger partial charge is 0.111 e. The van der Waals surface area contributed by atoms with Crippen molar-refractivity contribution in [1.82, 2.24) is 19.9 Å². The third-order valence-electron chi connectivity index (χ3n) is 4.23. The number of likely N-dealkylation sites (N-methyl/N-ethyl adjacent to an activating group) is 1.